The van der Waals surface area contributed by atoms with Crippen molar-refractivity contribution in [2.75, 3.05) is 33.8 Å². The number of piperidine rings is 1. The Labute approximate surface area is 133 Å². The Morgan fingerprint density at radius 2 is 1.95 bits per heavy atom. The molecule has 1 fully saturated rings. The first kappa shape index (κ1) is 18.0. The Morgan fingerprint density at radius 3 is 2.48 bits per heavy atom. The van der Waals surface area contributed by atoms with E-state index < -0.39 is 6.10 Å². The molecule has 0 saturated carbocycles. The van der Waals surface area contributed by atoms with Gasteiger partial charge in [-0.1, -0.05) is 30.3 Å². The van der Waals surface area contributed by atoms with E-state index in [0.29, 0.717) is 5.92 Å². The third-order valence-corrected chi connectivity index (χ3v) is 3.98. The molecule has 1 aliphatic heterocycles. The van der Waals surface area contributed by atoms with Crippen LogP contribution in [-0.4, -0.2) is 44.6 Å². The number of nitrogens with zero attached hydrogens (tertiary/aromatic N) is 1. The Kier molecular flexibility index (Phi) is 7.72. The zero-order valence-electron chi connectivity index (χ0n) is 12.7. The molecule has 1 unspecified atom stereocenters. The summed E-state index contributed by atoms with van der Waals surface area (Å²) in [5.74, 6) is 0.767. The van der Waals surface area contributed by atoms with Gasteiger partial charge in [-0.3, -0.25) is 4.79 Å². The van der Waals surface area contributed by atoms with Gasteiger partial charge in [0.2, 0.25) is 0 Å². The van der Waals surface area contributed by atoms with Crippen LogP contribution in [0.4, 0.5) is 0 Å². The number of hydrogen-bond acceptors (Lipinski definition) is 3. The Morgan fingerprint density at radius 1 is 1.33 bits per heavy atom. The number of carbonyl (C=O) groups excluding carboxylic acids is 1. The topological polar surface area (TPSA) is 41.6 Å². The van der Waals surface area contributed by atoms with Crippen LogP contribution in [0.25, 0.3) is 0 Å². The quantitative estimate of drug-likeness (QED) is 0.907. The molecule has 1 atom stereocenters. The van der Waals surface area contributed by atoms with Crippen molar-refractivity contribution >= 4 is 18.3 Å². The maximum atomic E-state index is 12.6. The Hall–Kier alpha value is -1.10. The minimum atomic E-state index is -0.475. The summed E-state index contributed by atoms with van der Waals surface area (Å²) < 4.78 is 5.42. The lowest BCUT2D eigenvalue weighted by Gasteiger charge is -2.34. The molecule has 1 amide bonds. The van der Waals surface area contributed by atoms with Gasteiger partial charge < -0.3 is 15.0 Å². The van der Waals surface area contributed by atoms with Crippen molar-refractivity contribution in [3.63, 3.8) is 0 Å². The molecule has 1 aromatic rings. The van der Waals surface area contributed by atoms with Crippen molar-refractivity contribution in [1.82, 2.24) is 10.2 Å². The van der Waals surface area contributed by atoms with Gasteiger partial charge in [0, 0.05) is 20.2 Å². The first-order chi connectivity index (χ1) is 9.76. The molecule has 0 bridgehead atoms. The van der Waals surface area contributed by atoms with E-state index in [0.717, 1.165) is 38.0 Å². The fraction of sp³-hybridized carbons (Fsp3) is 0.562. The monoisotopic (exact) mass is 312 g/mol. The molecular weight excluding hydrogens is 288 g/mol. The summed E-state index contributed by atoms with van der Waals surface area (Å²) in [6, 6.07) is 9.71. The second kappa shape index (κ2) is 9.03. The molecule has 1 N–H and O–H groups in total. The van der Waals surface area contributed by atoms with Crippen LogP contribution < -0.4 is 5.32 Å². The van der Waals surface area contributed by atoms with Crippen molar-refractivity contribution in [3.8, 4) is 0 Å². The fourth-order valence-corrected chi connectivity index (χ4v) is 2.82. The molecule has 5 heteroatoms. The molecule has 118 valence electrons. The molecular formula is C16H25ClN2O2. The summed E-state index contributed by atoms with van der Waals surface area (Å²) in [4.78, 5) is 14.5. The van der Waals surface area contributed by atoms with Gasteiger partial charge in [0.05, 0.1) is 0 Å². The van der Waals surface area contributed by atoms with E-state index >= 15 is 0 Å². The number of methoxy groups -OCH3 is 1. The van der Waals surface area contributed by atoms with E-state index in [1.54, 1.807) is 7.11 Å². The molecule has 0 aromatic heterocycles. The van der Waals surface area contributed by atoms with Crippen molar-refractivity contribution < 1.29 is 9.53 Å². The van der Waals surface area contributed by atoms with Gasteiger partial charge in [0.15, 0.2) is 6.10 Å². The molecule has 21 heavy (non-hydrogen) atoms. The van der Waals surface area contributed by atoms with E-state index in [4.69, 9.17) is 4.74 Å². The zero-order valence-corrected chi connectivity index (χ0v) is 13.6. The maximum absolute atomic E-state index is 12.6. The number of amides is 1. The number of benzene rings is 1. The molecule has 1 heterocycles. The maximum Gasteiger partial charge on any atom is 0.256 e. The highest BCUT2D eigenvalue weighted by molar-refractivity contribution is 5.85. The van der Waals surface area contributed by atoms with Crippen LogP contribution in [0.5, 0.6) is 0 Å². The van der Waals surface area contributed by atoms with E-state index in [-0.39, 0.29) is 18.3 Å². The Bertz CT molecular complexity index is 420. The summed E-state index contributed by atoms with van der Waals surface area (Å²) in [5, 5.41) is 3.21. The number of rotatable bonds is 5. The largest absolute Gasteiger partial charge is 0.367 e. The summed E-state index contributed by atoms with van der Waals surface area (Å²) >= 11 is 0. The van der Waals surface area contributed by atoms with Gasteiger partial charge in [-0.05, 0) is 37.9 Å². The van der Waals surface area contributed by atoms with Gasteiger partial charge in [-0.15, -0.1) is 12.4 Å². The summed E-state index contributed by atoms with van der Waals surface area (Å²) in [6.07, 6.45) is 1.66. The normalized spacial score (nSPS) is 17.1. The van der Waals surface area contributed by atoms with Crippen LogP contribution in [0.1, 0.15) is 24.5 Å². The lowest BCUT2D eigenvalue weighted by molar-refractivity contribution is -0.143. The average molecular weight is 313 g/mol. The zero-order chi connectivity index (χ0) is 14.4. The van der Waals surface area contributed by atoms with Gasteiger partial charge in [-0.25, -0.2) is 0 Å². The molecule has 1 saturated heterocycles. The predicted octanol–water partition coefficient (Wildman–Crippen LogP) is 2.25. The van der Waals surface area contributed by atoms with Crippen LogP contribution in [0, 0.1) is 5.92 Å². The van der Waals surface area contributed by atoms with E-state index in [9.17, 15) is 4.79 Å². The first-order valence-electron chi connectivity index (χ1n) is 7.27. The van der Waals surface area contributed by atoms with Gasteiger partial charge >= 0.3 is 0 Å². The van der Waals surface area contributed by atoms with Gasteiger partial charge in [0.1, 0.15) is 0 Å². The van der Waals surface area contributed by atoms with E-state index in [2.05, 4.69) is 5.32 Å². The van der Waals surface area contributed by atoms with Gasteiger partial charge in [0.25, 0.3) is 5.91 Å². The third-order valence-electron chi connectivity index (χ3n) is 3.98. The first-order valence-corrected chi connectivity index (χ1v) is 7.27. The standard InChI is InChI=1S/C16H24N2O2.ClH/c1-17-12-13-8-10-18(11-9-13)16(19)15(20-2)14-6-4-3-5-7-14;/h3-7,13,15,17H,8-12H2,1-2H3;1H. The molecule has 2 rings (SSSR count). The SMILES string of the molecule is CNCC1CCN(C(=O)C(OC)c2ccccc2)CC1.Cl. The summed E-state index contributed by atoms with van der Waals surface area (Å²) in [5.41, 5.74) is 0.928. The minimum Gasteiger partial charge on any atom is -0.367 e. The minimum absolute atomic E-state index is 0. The molecule has 0 radical (unpaired) electrons. The summed E-state index contributed by atoms with van der Waals surface area (Å²) in [6.45, 7) is 2.70. The molecule has 1 aliphatic rings. The highest BCUT2D eigenvalue weighted by atomic mass is 35.5. The summed E-state index contributed by atoms with van der Waals surface area (Å²) in [7, 11) is 3.58. The van der Waals surface area contributed by atoms with Crippen molar-refractivity contribution in [1.29, 1.82) is 0 Å². The van der Waals surface area contributed by atoms with E-state index in [1.807, 2.05) is 42.3 Å². The van der Waals surface area contributed by atoms with Crippen molar-refractivity contribution in [2.24, 2.45) is 5.92 Å². The second-order valence-corrected chi connectivity index (χ2v) is 5.35. The highest BCUT2D eigenvalue weighted by Gasteiger charge is 2.28. The third kappa shape index (κ3) is 4.70. The molecule has 1 aromatic carbocycles. The number of hydrogen-bond donors (Lipinski definition) is 1. The fourth-order valence-electron chi connectivity index (χ4n) is 2.82. The van der Waals surface area contributed by atoms with E-state index in [1.165, 1.54) is 0 Å². The number of likely N-dealkylation sites (tertiary alicyclic amines) is 1. The lowest BCUT2D eigenvalue weighted by Crippen LogP contribution is -2.43. The van der Waals surface area contributed by atoms with Crippen LogP contribution in [0.2, 0.25) is 0 Å². The Balaban J connectivity index is 0.00000220. The van der Waals surface area contributed by atoms with Gasteiger partial charge in [-0.2, -0.15) is 0 Å². The average Bonchev–Trinajstić information content (AvgIpc) is 2.50. The number of nitrogens with one attached hydrogen (secondary N) is 1. The molecule has 0 spiro atoms. The van der Waals surface area contributed by atoms with Crippen molar-refractivity contribution in [2.45, 2.75) is 18.9 Å². The molecule has 4 nitrogen and oxygen atoms in total. The van der Waals surface area contributed by atoms with Crippen LogP contribution in [0.15, 0.2) is 30.3 Å². The van der Waals surface area contributed by atoms with Crippen LogP contribution >= 0.6 is 12.4 Å². The number of halogens is 1. The predicted molar refractivity (Wildman–Crippen MR) is 86.7 cm³/mol. The number of carbonyl (C=O) groups is 1. The van der Waals surface area contributed by atoms with Crippen molar-refractivity contribution in [3.05, 3.63) is 35.9 Å². The van der Waals surface area contributed by atoms with Crippen LogP contribution in [-0.2, 0) is 9.53 Å². The highest BCUT2D eigenvalue weighted by Crippen LogP contribution is 2.23. The second-order valence-electron chi connectivity index (χ2n) is 5.35. The smallest absolute Gasteiger partial charge is 0.256 e. The van der Waals surface area contributed by atoms with Crippen LogP contribution in [0.3, 0.4) is 0 Å². The molecule has 0 aliphatic carbocycles. The number of ether oxygens (including phenoxy) is 1. The lowest BCUT2D eigenvalue weighted by atomic mass is 9.96.